The van der Waals surface area contributed by atoms with Crippen molar-refractivity contribution in [2.75, 3.05) is 26.2 Å². The minimum Gasteiger partial charge on any atom is -0.355 e. The highest BCUT2D eigenvalue weighted by molar-refractivity contribution is 5.93. The van der Waals surface area contributed by atoms with Crippen LogP contribution in [0.2, 0.25) is 0 Å². The van der Waals surface area contributed by atoms with Gasteiger partial charge in [-0.2, -0.15) is 0 Å². The molecule has 0 saturated carbocycles. The Labute approximate surface area is 158 Å². The summed E-state index contributed by atoms with van der Waals surface area (Å²) in [5.74, 6) is 0.573. The van der Waals surface area contributed by atoms with E-state index < -0.39 is 0 Å². The first-order chi connectivity index (χ1) is 13.3. The van der Waals surface area contributed by atoms with Crippen LogP contribution < -0.4 is 0 Å². The SMILES string of the molecule is O=C(c1cc(-c2ccccc2)on1)N1CCN2CCc3ccccc3C2C1. The first kappa shape index (κ1) is 16.3. The Balaban J connectivity index is 1.37. The molecule has 0 bridgehead atoms. The summed E-state index contributed by atoms with van der Waals surface area (Å²) in [6.45, 7) is 3.38. The summed E-state index contributed by atoms with van der Waals surface area (Å²) >= 11 is 0. The van der Waals surface area contributed by atoms with Crippen LogP contribution in [-0.4, -0.2) is 47.0 Å². The van der Waals surface area contributed by atoms with Crippen LogP contribution in [0.5, 0.6) is 0 Å². The van der Waals surface area contributed by atoms with Gasteiger partial charge in [-0.3, -0.25) is 9.69 Å². The number of rotatable bonds is 2. The van der Waals surface area contributed by atoms with Crippen molar-refractivity contribution in [1.82, 2.24) is 15.0 Å². The van der Waals surface area contributed by atoms with Gasteiger partial charge in [-0.25, -0.2) is 0 Å². The topological polar surface area (TPSA) is 49.6 Å². The zero-order chi connectivity index (χ0) is 18.2. The second-order valence-electron chi connectivity index (χ2n) is 7.19. The fourth-order valence-electron chi connectivity index (χ4n) is 4.20. The minimum absolute atomic E-state index is 0.0522. The number of aromatic nitrogens is 1. The Kier molecular flexibility index (Phi) is 4.02. The van der Waals surface area contributed by atoms with E-state index in [0.717, 1.165) is 31.6 Å². The van der Waals surface area contributed by atoms with E-state index in [1.165, 1.54) is 11.1 Å². The molecule has 0 aliphatic carbocycles. The maximum absolute atomic E-state index is 13.0. The standard InChI is InChI=1S/C22H21N3O2/c26-22(19-14-21(27-23-19)17-7-2-1-3-8-17)25-13-12-24-11-10-16-6-4-5-9-18(16)20(24)15-25/h1-9,14,20H,10-13,15H2. The number of hydrogen-bond donors (Lipinski definition) is 0. The average Bonchev–Trinajstić information content (AvgIpc) is 3.24. The van der Waals surface area contributed by atoms with Crippen molar-refractivity contribution in [1.29, 1.82) is 0 Å². The third kappa shape index (κ3) is 2.94. The van der Waals surface area contributed by atoms with E-state index in [1.807, 2.05) is 35.2 Å². The average molecular weight is 359 g/mol. The Morgan fingerprint density at radius 2 is 1.81 bits per heavy atom. The summed E-state index contributed by atoms with van der Waals surface area (Å²) in [4.78, 5) is 17.4. The van der Waals surface area contributed by atoms with Crippen LogP contribution in [0.4, 0.5) is 0 Å². The van der Waals surface area contributed by atoms with Gasteiger partial charge < -0.3 is 9.42 Å². The molecule has 3 aromatic rings. The van der Waals surface area contributed by atoms with E-state index in [9.17, 15) is 4.79 Å². The molecule has 1 aromatic heterocycles. The number of hydrogen-bond acceptors (Lipinski definition) is 4. The lowest BCUT2D eigenvalue weighted by atomic mass is 9.91. The molecule has 5 nitrogen and oxygen atoms in total. The number of benzene rings is 2. The van der Waals surface area contributed by atoms with Crippen molar-refractivity contribution < 1.29 is 9.32 Å². The minimum atomic E-state index is -0.0522. The van der Waals surface area contributed by atoms with Gasteiger partial charge in [0.25, 0.3) is 5.91 Å². The van der Waals surface area contributed by atoms with Crippen molar-refractivity contribution in [3.05, 3.63) is 77.5 Å². The Hall–Kier alpha value is -2.92. The molecular formula is C22H21N3O2. The summed E-state index contributed by atoms with van der Waals surface area (Å²) in [6.07, 6.45) is 1.09. The van der Waals surface area contributed by atoms with Crippen molar-refractivity contribution in [2.45, 2.75) is 12.5 Å². The molecule has 2 aliphatic heterocycles. The molecular weight excluding hydrogens is 338 g/mol. The Morgan fingerprint density at radius 3 is 2.70 bits per heavy atom. The second-order valence-corrected chi connectivity index (χ2v) is 7.19. The van der Waals surface area contributed by atoms with Crippen LogP contribution in [0.25, 0.3) is 11.3 Å². The molecule has 1 atom stereocenters. The maximum Gasteiger partial charge on any atom is 0.276 e. The lowest BCUT2D eigenvalue weighted by Crippen LogP contribution is -2.52. The Bertz CT molecular complexity index is 966. The van der Waals surface area contributed by atoms with Gasteiger partial charge in [-0.05, 0) is 17.5 Å². The monoisotopic (exact) mass is 359 g/mol. The van der Waals surface area contributed by atoms with Gasteiger partial charge in [-0.15, -0.1) is 0 Å². The molecule has 1 amide bonds. The predicted molar refractivity (Wildman–Crippen MR) is 102 cm³/mol. The zero-order valence-corrected chi connectivity index (χ0v) is 15.0. The van der Waals surface area contributed by atoms with Gasteiger partial charge in [0.1, 0.15) is 0 Å². The number of nitrogens with zero attached hydrogens (tertiary/aromatic N) is 3. The number of piperazine rings is 1. The molecule has 1 unspecified atom stereocenters. The molecule has 0 spiro atoms. The first-order valence-electron chi connectivity index (χ1n) is 9.43. The quantitative estimate of drug-likeness (QED) is 0.704. The van der Waals surface area contributed by atoms with Crippen LogP contribution in [0.1, 0.15) is 27.7 Å². The van der Waals surface area contributed by atoms with Crippen LogP contribution >= 0.6 is 0 Å². The Morgan fingerprint density at radius 1 is 1.00 bits per heavy atom. The third-order valence-corrected chi connectivity index (χ3v) is 5.65. The smallest absolute Gasteiger partial charge is 0.276 e. The molecule has 1 saturated heterocycles. The largest absolute Gasteiger partial charge is 0.355 e. The van der Waals surface area contributed by atoms with Crippen LogP contribution in [0.3, 0.4) is 0 Å². The van der Waals surface area contributed by atoms with Gasteiger partial charge >= 0.3 is 0 Å². The van der Waals surface area contributed by atoms with Gasteiger partial charge in [0.15, 0.2) is 11.5 Å². The number of carbonyl (C=O) groups excluding carboxylic acids is 1. The van der Waals surface area contributed by atoms with Crippen molar-refractivity contribution in [3.63, 3.8) is 0 Å². The van der Waals surface area contributed by atoms with Gasteiger partial charge in [0, 0.05) is 37.8 Å². The lowest BCUT2D eigenvalue weighted by molar-refractivity contribution is 0.0445. The molecule has 0 N–H and O–H groups in total. The normalized spacial score (nSPS) is 19.4. The van der Waals surface area contributed by atoms with E-state index in [2.05, 4.69) is 34.3 Å². The van der Waals surface area contributed by atoms with E-state index in [-0.39, 0.29) is 11.9 Å². The molecule has 0 radical (unpaired) electrons. The van der Waals surface area contributed by atoms with Gasteiger partial charge in [0.2, 0.25) is 0 Å². The van der Waals surface area contributed by atoms with Crippen molar-refractivity contribution >= 4 is 5.91 Å². The van der Waals surface area contributed by atoms with Gasteiger partial charge in [-0.1, -0.05) is 59.8 Å². The van der Waals surface area contributed by atoms with Crippen LogP contribution in [0, 0.1) is 0 Å². The molecule has 5 rings (SSSR count). The highest BCUT2D eigenvalue weighted by atomic mass is 16.5. The third-order valence-electron chi connectivity index (χ3n) is 5.65. The number of carbonyl (C=O) groups is 1. The highest BCUT2D eigenvalue weighted by Crippen LogP contribution is 2.33. The van der Waals surface area contributed by atoms with Crippen molar-refractivity contribution in [3.8, 4) is 11.3 Å². The van der Waals surface area contributed by atoms with Crippen LogP contribution in [0.15, 0.2) is 65.2 Å². The lowest BCUT2D eigenvalue weighted by Gasteiger charge is -2.44. The molecule has 5 heteroatoms. The fourth-order valence-corrected chi connectivity index (χ4v) is 4.20. The van der Waals surface area contributed by atoms with E-state index in [1.54, 1.807) is 6.07 Å². The van der Waals surface area contributed by atoms with E-state index in [4.69, 9.17) is 4.52 Å². The molecule has 1 fully saturated rings. The van der Waals surface area contributed by atoms with Gasteiger partial charge in [0.05, 0.1) is 6.04 Å². The highest BCUT2D eigenvalue weighted by Gasteiger charge is 2.35. The summed E-state index contributed by atoms with van der Waals surface area (Å²) in [5, 5.41) is 4.04. The van der Waals surface area contributed by atoms with E-state index in [0.29, 0.717) is 18.0 Å². The summed E-state index contributed by atoms with van der Waals surface area (Å²) in [5.41, 5.74) is 4.06. The molecule has 2 aliphatic rings. The maximum atomic E-state index is 13.0. The predicted octanol–water partition coefficient (Wildman–Crippen LogP) is 3.40. The molecule has 2 aromatic carbocycles. The first-order valence-corrected chi connectivity index (χ1v) is 9.43. The molecule has 136 valence electrons. The number of fused-ring (bicyclic) bond motifs is 3. The summed E-state index contributed by atoms with van der Waals surface area (Å²) in [6, 6.07) is 20.4. The number of amides is 1. The molecule has 27 heavy (non-hydrogen) atoms. The fraction of sp³-hybridized carbons (Fsp3) is 0.273. The van der Waals surface area contributed by atoms with Crippen molar-refractivity contribution in [2.24, 2.45) is 0 Å². The van der Waals surface area contributed by atoms with E-state index >= 15 is 0 Å². The molecule has 3 heterocycles. The summed E-state index contributed by atoms with van der Waals surface area (Å²) in [7, 11) is 0. The summed E-state index contributed by atoms with van der Waals surface area (Å²) < 4.78 is 5.42. The second kappa shape index (κ2) is 6.67. The van der Waals surface area contributed by atoms with Crippen LogP contribution in [-0.2, 0) is 6.42 Å². The zero-order valence-electron chi connectivity index (χ0n) is 15.0.